The van der Waals surface area contributed by atoms with Crippen LogP contribution in [0.3, 0.4) is 0 Å². The third-order valence-electron chi connectivity index (χ3n) is 3.01. The monoisotopic (exact) mass is 285 g/mol. The molecule has 1 N–H and O–H groups in total. The summed E-state index contributed by atoms with van der Waals surface area (Å²) in [5.74, 6) is -0.0183. The van der Waals surface area contributed by atoms with Crippen molar-refractivity contribution < 1.29 is 4.79 Å². The minimum Gasteiger partial charge on any atom is -0.359 e. The Labute approximate surface area is 124 Å². The van der Waals surface area contributed by atoms with Crippen LogP contribution in [0.5, 0.6) is 0 Å². The Morgan fingerprint density at radius 3 is 2.50 bits per heavy atom. The van der Waals surface area contributed by atoms with Gasteiger partial charge in [-0.1, -0.05) is 48.0 Å². The largest absolute Gasteiger partial charge is 0.359 e. The molecule has 3 heteroatoms. The van der Waals surface area contributed by atoms with Crippen LogP contribution in [-0.4, -0.2) is 5.78 Å². The molecule has 0 unspecified atom stereocenters. The molecule has 0 aliphatic rings. The molecular weight excluding hydrogens is 270 g/mol. The van der Waals surface area contributed by atoms with Crippen molar-refractivity contribution in [2.24, 2.45) is 0 Å². The number of carbonyl (C=O) groups excluding carboxylic acids is 1. The van der Waals surface area contributed by atoms with Gasteiger partial charge in [0.1, 0.15) is 0 Å². The first-order valence-corrected chi connectivity index (χ1v) is 6.75. The molecule has 0 atom stereocenters. The van der Waals surface area contributed by atoms with Gasteiger partial charge in [-0.25, -0.2) is 0 Å². The highest BCUT2D eigenvalue weighted by molar-refractivity contribution is 6.31. The van der Waals surface area contributed by atoms with E-state index < -0.39 is 0 Å². The van der Waals surface area contributed by atoms with E-state index in [1.54, 1.807) is 18.2 Å². The molecule has 2 nitrogen and oxygen atoms in total. The lowest BCUT2D eigenvalue weighted by molar-refractivity contribution is 0.104. The third-order valence-corrected chi connectivity index (χ3v) is 3.41. The second-order valence-electron chi connectivity index (χ2n) is 4.60. The first-order valence-electron chi connectivity index (χ1n) is 6.38. The van der Waals surface area contributed by atoms with E-state index in [2.05, 4.69) is 5.32 Å². The Kier molecular flexibility index (Phi) is 4.59. The van der Waals surface area contributed by atoms with Gasteiger partial charge in [0, 0.05) is 28.0 Å². The van der Waals surface area contributed by atoms with E-state index in [-0.39, 0.29) is 5.78 Å². The lowest BCUT2D eigenvalue weighted by Gasteiger charge is -2.10. The molecule has 0 aliphatic carbocycles. The Morgan fingerprint density at radius 1 is 1.10 bits per heavy atom. The van der Waals surface area contributed by atoms with Crippen molar-refractivity contribution in [1.82, 2.24) is 0 Å². The van der Waals surface area contributed by atoms with Crippen molar-refractivity contribution in [2.45, 2.75) is 13.8 Å². The average molecular weight is 286 g/mol. The second-order valence-corrected chi connectivity index (χ2v) is 5.00. The van der Waals surface area contributed by atoms with E-state index in [0.717, 1.165) is 16.9 Å². The zero-order valence-electron chi connectivity index (χ0n) is 11.5. The highest BCUT2D eigenvalue weighted by Gasteiger charge is 2.04. The van der Waals surface area contributed by atoms with Crippen LogP contribution in [0.2, 0.25) is 5.02 Å². The van der Waals surface area contributed by atoms with E-state index in [9.17, 15) is 4.79 Å². The number of allylic oxidation sites excluding steroid dienone is 2. The van der Waals surface area contributed by atoms with E-state index in [1.807, 2.05) is 50.2 Å². The molecule has 2 aromatic rings. The molecule has 0 saturated carbocycles. The molecule has 0 saturated heterocycles. The van der Waals surface area contributed by atoms with Crippen LogP contribution < -0.4 is 5.32 Å². The number of ketones is 1. The smallest absolute Gasteiger partial charge is 0.187 e. The molecule has 0 aromatic heterocycles. The fourth-order valence-electron chi connectivity index (χ4n) is 1.87. The highest BCUT2D eigenvalue weighted by atomic mass is 35.5. The summed E-state index contributed by atoms with van der Waals surface area (Å²) in [5, 5.41) is 3.91. The van der Waals surface area contributed by atoms with Crippen LogP contribution in [-0.2, 0) is 0 Å². The maximum absolute atomic E-state index is 12.1. The number of carbonyl (C=O) groups is 1. The highest BCUT2D eigenvalue weighted by Crippen LogP contribution is 2.24. The van der Waals surface area contributed by atoms with Crippen molar-refractivity contribution in [3.8, 4) is 0 Å². The molecule has 0 fully saturated rings. The molecule has 102 valence electrons. The molecule has 0 aliphatic heterocycles. The van der Waals surface area contributed by atoms with Crippen molar-refractivity contribution in [3.63, 3.8) is 0 Å². The van der Waals surface area contributed by atoms with Crippen molar-refractivity contribution in [3.05, 3.63) is 76.5 Å². The van der Waals surface area contributed by atoms with Gasteiger partial charge in [-0.05, 0) is 31.5 Å². The van der Waals surface area contributed by atoms with E-state index in [1.165, 1.54) is 0 Å². The predicted molar refractivity (Wildman–Crippen MR) is 84.3 cm³/mol. The van der Waals surface area contributed by atoms with Crippen LogP contribution in [0, 0.1) is 6.92 Å². The van der Waals surface area contributed by atoms with Gasteiger partial charge in [0.15, 0.2) is 5.78 Å². The van der Waals surface area contributed by atoms with Crippen LogP contribution in [0.15, 0.2) is 60.3 Å². The SMILES string of the molecule is C/C(=C\C(=O)c1ccccc1)Nc1cccc(Cl)c1C. The summed E-state index contributed by atoms with van der Waals surface area (Å²) in [6.45, 7) is 3.80. The fourth-order valence-corrected chi connectivity index (χ4v) is 2.05. The van der Waals surface area contributed by atoms with Gasteiger partial charge in [0.05, 0.1) is 0 Å². The average Bonchev–Trinajstić information content (AvgIpc) is 2.45. The normalized spacial score (nSPS) is 11.2. The van der Waals surface area contributed by atoms with Crippen molar-refractivity contribution in [2.75, 3.05) is 5.32 Å². The third kappa shape index (κ3) is 3.49. The number of benzene rings is 2. The van der Waals surface area contributed by atoms with Crippen LogP contribution in [0.4, 0.5) is 5.69 Å². The molecule has 20 heavy (non-hydrogen) atoms. The number of anilines is 1. The Morgan fingerprint density at radius 2 is 1.80 bits per heavy atom. The minimum atomic E-state index is -0.0183. The van der Waals surface area contributed by atoms with Crippen LogP contribution >= 0.6 is 11.6 Å². The molecular formula is C17H16ClNO. The summed E-state index contributed by atoms with van der Waals surface area (Å²) in [4.78, 5) is 12.1. The Hall–Kier alpha value is -2.06. The van der Waals surface area contributed by atoms with Gasteiger partial charge in [0.2, 0.25) is 0 Å². The van der Waals surface area contributed by atoms with Gasteiger partial charge in [0.25, 0.3) is 0 Å². The summed E-state index contributed by atoms with van der Waals surface area (Å²) < 4.78 is 0. The number of rotatable bonds is 4. The maximum Gasteiger partial charge on any atom is 0.187 e. The Bertz CT molecular complexity index is 647. The topological polar surface area (TPSA) is 29.1 Å². The first kappa shape index (κ1) is 14.4. The summed E-state index contributed by atoms with van der Waals surface area (Å²) in [7, 11) is 0. The molecule has 2 aromatic carbocycles. The Balaban J connectivity index is 2.16. The summed E-state index contributed by atoms with van der Waals surface area (Å²) in [6, 6.07) is 14.9. The summed E-state index contributed by atoms with van der Waals surface area (Å²) >= 11 is 6.07. The maximum atomic E-state index is 12.1. The first-order chi connectivity index (χ1) is 9.58. The lowest BCUT2D eigenvalue weighted by atomic mass is 10.1. The van der Waals surface area contributed by atoms with E-state index in [0.29, 0.717) is 10.6 Å². The van der Waals surface area contributed by atoms with Gasteiger partial charge in [-0.2, -0.15) is 0 Å². The fraction of sp³-hybridized carbons (Fsp3) is 0.118. The summed E-state index contributed by atoms with van der Waals surface area (Å²) in [5.41, 5.74) is 3.34. The second kappa shape index (κ2) is 6.40. The number of nitrogens with one attached hydrogen (secondary N) is 1. The van der Waals surface area contributed by atoms with Gasteiger partial charge in [-0.3, -0.25) is 4.79 Å². The molecule has 0 heterocycles. The number of halogens is 1. The molecule has 0 spiro atoms. The van der Waals surface area contributed by atoms with Crippen molar-refractivity contribution in [1.29, 1.82) is 0 Å². The van der Waals surface area contributed by atoms with Gasteiger partial charge >= 0.3 is 0 Å². The standard InChI is InChI=1S/C17H16ClNO/c1-12(11-17(20)14-7-4-3-5-8-14)19-16-10-6-9-15(18)13(16)2/h3-11,19H,1-2H3/b12-11+. The van der Waals surface area contributed by atoms with Crippen molar-refractivity contribution >= 4 is 23.1 Å². The summed E-state index contributed by atoms with van der Waals surface area (Å²) in [6.07, 6.45) is 1.59. The van der Waals surface area contributed by atoms with Gasteiger partial charge < -0.3 is 5.32 Å². The van der Waals surface area contributed by atoms with E-state index in [4.69, 9.17) is 11.6 Å². The van der Waals surface area contributed by atoms with Crippen LogP contribution in [0.25, 0.3) is 0 Å². The lowest BCUT2D eigenvalue weighted by Crippen LogP contribution is -2.02. The van der Waals surface area contributed by atoms with Crippen LogP contribution in [0.1, 0.15) is 22.8 Å². The zero-order chi connectivity index (χ0) is 14.5. The quantitative estimate of drug-likeness (QED) is 0.643. The molecule has 0 amide bonds. The van der Waals surface area contributed by atoms with E-state index >= 15 is 0 Å². The molecule has 0 radical (unpaired) electrons. The number of hydrogen-bond donors (Lipinski definition) is 1. The molecule has 2 rings (SSSR count). The predicted octanol–water partition coefficient (Wildman–Crippen LogP) is 4.85. The zero-order valence-corrected chi connectivity index (χ0v) is 12.2. The minimum absolute atomic E-state index is 0.0183. The molecule has 0 bridgehead atoms. The number of hydrogen-bond acceptors (Lipinski definition) is 2. The van der Waals surface area contributed by atoms with Gasteiger partial charge in [-0.15, -0.1) is 0 Å².